The summed E-state index contributed by atoms with van der Waals surface area (Å²) >= 11 is 1.17. The van der Waals surface area contributed by atoms with Gasteiger partial charge < -0.3 is 9.73 Å². The largest absolute Gasteiger partial charge is 0.426 e. The second kappa shape index (κ2) is 7.10. The fourth-order valence-corrected chi connectivity index (χ4v) is 3.15. The number of thioether (sulfide) groups is 1. The molecule has 2 atom stereocenters. The molecule has 1 amide bonds. The number of rotatable bonds is 6. The van der Waals surface area contributed by atoms with Crippen molar-refractivity contribution in [2.75, 3.05) is 5.75 Å². The Morgan fingerprint density at radius 1 is 1.52 bits per heavy atom. The van der Waals surface area contributed by atoms with Gasteiger partial charge in [-0.2, -0.15) is 0 Å². The molecule has 0 saturated carbocycles. The summed E-state index contributed by atoms with van der Waals surface area (Å²) in [7, 11) is 0. The van der Waals surface area contributed by atoms with E-state index in [0.29, 0.717) is 12.2 Å². The average molecular weight is 337 g/mol. The molecular weight excluding hydrogens is 318 g/mol. The molecule has 7 nitrogen and oxygen atoms in total. The highest BCUT2D eigenvalue weighted by Crippen LogP contribution is 2.26. The molecule has 0 saturated heterocycles. The number of nitrogens with one attached hydrogen (secondary N) is 1. The summed E-state index contributed by atoms with van der Waals surface area (Å²) in [5.41, 5.74) is 4.06. The lowest BCUT2D eigenvalue weighted by Crippen LogP contribution is -2.54. The summed E-state index contributed by atoms with van der Waals surface area (Å²) in [6.45, 7) is 3.34. The number of hydrogen-bond acceptors (Lipinski definition) is 7. The molecule has 1 aliphatic heterocycles. The van der Waals surface area contributed by atoms with E-state index in [0.717, 1.165) is 6.42 Å². The molecule has 8 heteroatoms. The van der Waals surface area contributed by atoms with Crippen LogP contribution in [0.25, 0.3) is 0 Å². The number of nitrogens with zero attached hydrogens (tertiary/aromatic N) is 1. The van der Waals surface area contributed by atoms with Crippen LogP contribution < -0.4 is 16.7 Å². The average Bonchev–Trinajstić information content (AvgIpc) is 2.91. The van der Waals surface area contributed by atoms with Crippen molar-refractivity contribution in [3.8, 4) is 0 Å². The minimum atomic E-state index is -1.48. The maximum atomic E-state index is 12.5. The van der Waals surface area contributed by atoms with Crippen molar-refractivity contribution >= 4 is 28.5 Å². The van der Waals surface area contributed by atoms with Crippen LogP contribution in [0.5, 0.6) is 0 Å². The highest BCUT2D eigenvalue weighted by atomic mass is 32.2. The Morgan fingerprint density at radius 3 is 2.83 bits per heavy atom. The Kier molecular flexibility index (Phi) is 5.38. The summed E-state index contributed by atoms with van der Waals surface area (Å²) in [6, 6.07) is 4.05. The first-order chi connectivity index (χ1) is 10.9. The molecule has 0 unspecified atom stereocenters. The predicted molar refractivity (Wildman–Crippen MR) is 88.3 cm³/mol. The van der Waals surface area contributed by atoms with Crippen LogP contribution in [0.4, 0.5) is 0 Å². The topological polar surface area (TPSA) is 115 Å². The monoisotopic (exact) mass is 337 g/mol. The highest BCUT2D eigenvalue weighted by molar-refractivity contribution is 8.16. The fourth-order valence-electron chi connectivity index (χ4n) is 2.17. The first-order valence-electron chi connectivity index (χ1n) is 7.29. The number of Topliss-reactive ketones (excluding diaryl/α,β-unsaturated/α-hetero) is 1. The molecule has 1 aliphatic rings. The van der Waals surface area contributed by atoms with E-state index in [1.165, 1.54) is 24.8 Å². The van der Waals surface area contributed by atoms with E-state index in [1.807, 2.05) is 6.92 Å². The van der Waals surface area contributed by atoms with Gasteiger partial charge >= 0.3 is 5.63 Å². The quantitative estimate of drug-likeness (QED) is 0.800. The zero-order valence-corrected chi connectivity index (χ0v) is 13.8. The Labute approximate surface area is 137 Å². The number of ketones is 1. The van der Waals surface area contributed by atoms with Gasteiger partial charge in [-0.3, -0.25) is 15.3 Å². The van der Waals surface area contributed by atoms with E-state index in [-0.39, 0.29) is 16.6 Å². The Morgan fingerprint density at radius 2 is 2.26 bits per heavy atom. The molecule has 2 heterocycles. The van der Waals surface area contributed by atoms with Crippen LogP contribution in [0.15, 0.2) is 32.4 Å². The zero-order chi connectivity index (χ0) is 17.0. The van der Waals surface area contributed by atoms with E-state index >= 15 is 0 Å². The molecule has 3 N–H and O–H groups in total. The van der Waals surface area contributed by atoms with Gasteiger partial charge in [-0.25, -0.2) is 9.79 Å². The van der Waals surface area contributed by atoms with Crippen molar-refractivity contribution < 1.29 is 14.0 Å². The van der Waals surface area contributed by atoms with E-state index in [9.17, 15) is 14.4 Å². The minimum absolute atomic E-state index is 0.200. The minimum Gasteiger partial charge on any atom is -0.426 e. The van der Waals surface area contributed by atoms with Crippen LogP contribution >= 0.6 is 11.8 Å². The Balaban J connectivity index is 2.19. The number of amides is 1. The molecule has 0 fully saturated rings. The first kappa shape index (κ1) is 17.4. The Bertz CT molecular complexity index is 700. The molecule has 0 aromatic carbocycles. The third kappa shape index (κ3) is 4.08. The van der Waals surface area contributed by atoms with E-state index < -0.39 is 23.2 Å². The summed E-state index contributed by atoms with van der Waals surface area (Å²) in [4.78, 5) is 39.2. The normalized spacial score (nSPS) is 21.6. The van der Waals surface area contributed by atoms with Gasteiger partial charge in [0.25, 0.3) is 5.91 Å². The van der Waals surface area contributed by atoms with Crippen molar-refractivity contribution in [1.82, 2.24) is 5.32 Å². The zero-order valence-electron chi connectivity index (χ0n) is 13.0. The molecule has 0 spiro atoms. The van der Waals surface area contributed by atoms with Crippen molar-refractivity contribution in [3.05, 3.63) is 34.4 Å². The fraction of sp³-hybridized carbons (Fsp3) is 0.467. The maximum absolute atomic E-state index is 12.5. The molecule has 23 heavy (non-hydrogen) atoms. The van der Waals surface area contributed by atoms with Crippen LogP contribution in [0.3, 0.4) is 0 Å². The number of carbonyl (C=O) groups excluding carboxylic acids is 2. The lowest BCUT2D eigenvalue weighted by atomic mass is 10.1. The molecule has 0 aliphatic carbocycles. The summed E-state index contributed by atoms with van der Waals surface area (Å²) in [6.07, 6.45) is 1.36. The standard InChI is InChI=1S/C15H19N3O4S/c1-3-5-10(11-6-4-7-12(20)22-11)17-14(21)15(16)8-23-13(18-15)9(2)19/h4,6-7,10H,3,5,8,16H2,1-2H3,(H,17,21)/t10-,15+/m1/s1. The Hall–Kier alpha value is -1.93. The molecular formula is C15H19N3O4S. The van der Waals surface area contributed by atoms with E-state index in [2.05, 4.69) is 10.3 Å². The summed E-state index contributed by atoms with van der Waals surface area (Å²) < 4.78 is 5.14. The van der Waals surface area contributed by atoms with E-state index in [4.69, 9.17) is 10.2 Å². The van der Waals surface area contributed by atoms with Crippen LogP contribution in [0.1, 0.15) is 38.5 Å². The number of nitrogens with two attached hydrogens (primary N) is 1. The number of aliphatic imine (C=N–C) groups is 1. The van der Waals surface area contributed by atoms with Gasteiger partial charge in [-0.15, -0.1) is 0 Å². The van der Waals surface area contributed by atoms with Gasteiger partial charge in [0.1, 0.15) is 10.8 Å². The SMILES string of the molecule is CCC[C@@H](NC(=O)[C@]1(N)CSC(C(C)=O)=N1)c1cccc(=O)o1. The lowest BCUT2D eigenvalue weighted by molar-refractivity contribution is -0.126. The van der Waals surface area contributed by atoms with Crippen LogP contribution in [-0.4, -0.2) is 28.1 Å². The van der Waals surface area contributed by atoms with Crippen LogP contribution in [0.2, 0.25) is 0 Å². The van der Waals surface area contributed by atoms with Crippen LogP contribution in [-0.2, 0) is 9.59 Å². The lowest BCUT2D eigenvalue weighted by Gasteiger charge is -2.23. The third-order valence-corrected chi connectivity index (χ3v) is 4.60. The summed E-state index contributed by atoms with van der Waals surface area (Å²) in [5, 5.41) is 3.03. The van der Waals surface area contributed by atoms with Gasteiger partial charge in [0.2, 0.25) is 0 Å². The highest BCUT2D eigenvalue weighted by Gasteiger charge is 2.41. The van der Waals surface area contributed by atoms with Gasteiger partial charge in [0.15, 0.2) is 11.4 Å². The predicted octanol–water partition coefficient (Wildman–Crippen LogP) is 0.986. The second-order valence-corrected chi connectivity index (χ2v) is 6.31. The maximum Gasteiger partial charge on any atom is 0.335 e. The van der Waals surface area contributed by atoms with Gasteiger partial charge in [0, 0.05) is 18.7 Å². The van der Waals surface area contributed by atoms with Gasteiger partial charge in [-0.1, -0.05) is 31.2 Å². The van der Waals surface area contributed by atoms with Gasteiger partial charge in [-0.05, 0) is 12.5 Å². The van der Waals surface area contributed by atoms with Crippen molar-refractivity contribution in [3.63, 3.8) is 0 Å². The number of hydrogen-bond donors (Lipinski definition) is 2. The third-order valence-electron chi connectivity index (χ3n) is 3.36. The number of carbonyl (C=O) groups is 2. The summed E-state index contributed by atoms with van der Waals surface area (Å²) in [5.74, 6) is -0.135. The van der Waals surface area contributed by atoms with Crippen molar-refractivity contribution in [2.45, 2.75) is 38.4 Å². The van der Waals surface area contributed by atoms with Crippen LogP contribution in [0, 0.1) is 0 Å². The van der Waals surface area contributed by atoms with E-state index in [1.54, 1.807) is 12.1 Å². The smallest absolute Gasteiger partial charge is 0.335 e. The van der Waals surface area contributed by atoms with Gasteiger partial charge in [0.05, 0.1) is 6.04 Å². The van der Waals surface area contributed by atoms with Crippen molar-refractivity contribution in [2.24, 2.45) is 10.7 Å². The molecule has 124 valence electrons. The molecule has 1 aromatic heterocycles. The molecule has 0 radical (unpaired) electrons. The second-order valence-electron chi connectivity index (χ2n) is 5.35. The molecule has 2 rings (SSSR count). The molecule has 0 bridgehead atoms. The van der Waals surface area contributed by atoms with Crippen molar-refractivity contribution in [1.29, 1.82) is 0 Å². The first-order valence-corrected chi connectivity index (χ1v) is 8.28. The molecule has 1 aromatic rings.